The van der Waals surface area contributed by atoms with Crippen molar-refractivity contribution < 1.29 is 14.3 Å². The molecule has 0 unspecified atom stereocenters. The molecular formula is C20H17BrN2O3. The number of ether oxygens (including phenoxy) is 1. The summed E-state index contributed by atoms with van der Waals surface area (Å²) in [5.41, 5.74) is 2.10. The number of halogens is 1. The van der Waals surface area contributed by atoms with Crippen LogP contribution in [0.2, 0.25) is 0 Å². The topological polar surface area (TPSA) is 68.3 Å². The van der Waals surface area contributed by atoms with Gasteiger partial charge in [0.25, 0.3) is 5.91 Å². The van der Waals surface area contributed by atoms with Crippen LogP contribution in [0.5, 0.6) is 0 Å². The van der Waals surface area contributed by atoms with E-state index in [0.29, 0.717) is 12.0 Å². The second-order valence-corrected chi connectivity index (χ2v) is 6.62. The number of carbonyl (C=O) groups is 2. The van der Waals surface area contributed by atoms with Gasteiger partial charge in [0.2, 0.25) is 0 Å². The predicted molar refractivity (Wildman–Crippen MR) is 103 cm³/mol. The predicted octanol–water partition coefficient (Wildman–Crippen LogP) is 3.51. The van der Waals surface area contributed by atoms with Crippen LogP contribution in [0.3, 0.4) is 0 Å². The van der Waals surface area contributed by atoms with Gasteiger partial charge >= 0.3 is 5.97 Å². The molecular weight excluding hydrogens is 396 g/mol. The number of pyridine rings is 1. The van der Waals surface area contributed by atoms with Crippen LogP contribution in [0.4, 0.5) is 0 Å². The van der Waals surface area contributed by atoms with Gasteiger partial charge in [-0.1, -0.05) is 52.3 Å². The summed E-state index contributed by atoms with van der Waals surface area (Å²) in [5.74, 6) is -0.867. The summed E-state index contributed by atoms with van der Waals surface area (Å²) < 4.78 is 5.72. The minimum Gasteiger partial charge on any atom is -0.467 e. The molecule has 0 aliphatic carbocycles. The maximum atomic E-state index is 12.6. The van der Waals surface area contributed by atoms with Crippen LogP contribution in [-0.2, 0) is 16.0 Å². The van der Waals surface area contributed by atoms with E-state index in [-0.39, 0.29) is 5.91 Å². The Morgan fingerprint density at radius 3 is 2.65 bits per heavy atom. The fourth-order valence-corrected chi connectivity index (χ4v) is 3.10. The Kier molecular flexibility index (Phi) is 5.63. The molecule has 6 heteroatoms. The number of para-hydroxylation sites is 1. The third kappa shape index (κ3) is 4.08. The van der Waals surface area contributed by atoms with Crippen molar-refractivity contribution in [1.82, 2.24) is 10.3 Å². The molecule has 0 spiro atoms. The van der Waals surface area contributed by atoms with E-state index in [9.17, 15) is 9.59 Å². The van der Waals surface area contributed by atoms with E-state index in [0.717, 1.165) is 20.9 Å². The standard InChI is InChI=1S/C20H17BrN2O3/c1-26-20(25)18(11-13-6-2-4-8-16(13)21)23-19(24)15-10-14-7-3-5-9-17(14)22-12-15/h2-10,12,18H,11H2,1H3,(H,23,24)/t18-/m1/s1. The van der Waals surface area contributed by atoms with Gasteiger partial charge in [-0.05, 0) is 23.8 Å². The monoisotopic (exact) mass is 412 g/mol. The van der Waals surface area contributed by atoms with Crippen molar-refractivity contribution in [3.05, 3.63) is 76.4 Å². The Labute approximate surface area is 159 Å². The average Bonchev–Trinajstić information content (AvgIpc) is 2.68. The third-order valence-electron chi connectivity index (χ3n) is 4.03. The van der Waals surface area contributed by atoms with Gasteiger partial charge in [0, 0.05) is 22.5 Å². The highest BCUT2D eigenvalue weighted by Crippen LogP contribution is 2.18. The highest BCUT2D eigenvalue weighted by molar-refractivity contribution is 9.10. The Morgan fingerprint density at radius 1 is 1.15 bits per heavy atom. The van der Waals surface area contributed by atoms with Gasteiger partial charge in [0.1, 0.15) is 6.04 Å². The Bertz CT molecular complexity index is 958. The van der Waals surface area contributed by atoms with Gasteiger partial charge in [0.15, 0.2) is 0 Å². The SMILES string of the molecule is COC(=O)[C@@H](Cc1ccccc1Br)NC(=O)c1cnc2ccccc2c1. The van der Waals surface area contributed by atoms with E-state index < -0.39 is 12.0 Å². The molecule has 26 heavy (non-hydrogen) atoms. The molecule has 0 aliphatic rings. The summed E-state index contributed by atoms with van der Waals surface area (Å²) in [6, 6.07) is 16.0. The lowest BCUT2D eigenvalue weighted by Gasteiger charge is -2.17. The third-order valence-corrected chi connectivity index (χ3v) is 4.80. The van der Waals surface area contributed by atoms with Crippen molar-refractivity contribution in [2.75, 3.05) is 7.11 Å². The van der Waals surface area contributed by atoms with Gasteiger partial charge in [-0.2, -0.15) is 0 Å². The van der Waals surface area contributed by atoms with Crippen molar-refractivity contribution in [3.63, 3.8) is 0 Å². The number of nitrogens with zero attached hydrogens (tertiary/aromatic N) is 1. The molecule has 1 N–H and O–H groups in total. The number of rotatable bonds is 5. The largest absolute Gasteiger partial charge is 0.467 e. The number of nitrogens with one attached hydrogen (secondary N) is 1. The molecule has 2 aromatic carbocycles. The zero-order valence-electron chi connectivity index (χ0n) is 14.1. The van der Waals surface area contributed by atoms with Gasteiger partial charge < -0.3 is 10.1 Å². The molecule has 0 saturated heterocycles. The number of aromatic nitrogens is 1. The first-order chi connectivity index (χ1) is 12.6. The molecule has 3 rings (SSSR count). The molecule has 0 fully saturated rings. The zero-order valence-corrected chi connectivity index (χ0v) is 15.7. The second-order valence-electron chi connectivity index (χ2n) is 5.76. The smallest absolute Gasteiger partial charge is 0.328 e. The highest BCUT2D eigenvalue weighted by atomic mass is 79.9. The number of methoxy groups -OCH3 is 1. The number of hydrogen-bond acceptors (Lipinski definition) is 4. The molecule has 1 amide bonds. The van der Waals surface area contributed by atoms with E-state index in [2.05, 4.69) is 26.2 Å². The summed E-state index contributed by atoms with van der Waals surface area (Å²) >= 11 is 3.46. The lowest BCUT2D eigenvalue weighted by molar-refractivity contribution is -0.142. The van der Waals surface area contributed by atoms with E-state index in [1.165, 1.54) is 13.3 Å². The van der Waals surface area contributed by atoms with Crippen molar-refractivity contribution in [3.8, 4) is 0 Å². The molecule has 1 heterocycles. The maximum Gasteiger partial charge on any atom is 0.328 e. The molecule has 1 aromatic heterocycles. The minimum absolute atomic E-state index is 0.320. The highest BCUT2D eigenvalue weighted by Gasteiger charge is 2.23. The first-order valence-electron chi connectivity index (χ1n) is 8.05. The van der Waals surface area contributed by atoms with Crippen LogP contribution in [0.1, 0.15) is 15.9 Å². The summed E-state index contributed by atoms with van der Waals surface area (Å²) in [5, 5.41) is 3.61. The summed E-state index contributed by atoms with van der Waals surface area (Å²) in [7, 11) is 1.30. The van der Waals surface area contributed by atoms with Crippen molar-refractivity contribution in [1.29, 1.82) is 0 Å². The fraction of sp³-hybridized carbons (Fsp3) is 0.150. The van der Waals surface area contributed by atoms with E-state index in [4.69, 9.17) is 4.74 Å². The number of amides is 1. The summed E-state index contributed by atoms with van der Waals surface area (Å²) in [4.78, 5) is 29.1. The maximum absolute atomic E-state index is 12.6. The molecule has 0 aliphatic heterocycles. The first-order valence-corrected chi connectivity index (χ1v) is 8.84. The van der Waals surface area contributed by atoms with Gasteiger partial charge in [-0.3, -0.25) is 9.78 Å². The fourth-order valence-electron chi connectivity index (χ4n) is 2.66. The molecule has 132 valence electrons. The number of hydrogen-bond donors (Lipinski definition) is 1. The Balaban J connectivity index is 1.82. The van der Waals surface area contributed by atoms with Crippen LogP contribution in [0, 0.1) is 0 Å². The summed E-state index contributed by atoms with van der Waals surface area (Å²) in [6.07, 6.45) is 1.82. The van der Waals surface area contributed by atoms with Crippen LogP contribution in [-0.4, -0.2) is 30.0 Å². The van der Waals surface area contributed by atoms with Crippen LogP contribution >= 0.6 is 15.9 Å². The lowest BCUT2D eigenvalue weighted by atomic mass is 10.1. The number of carbonyl (C=O) groups excluding carboxylic acids is 2. The van der Waals surface area contributed by atoms with E-state index in [1.807, 2.05) is 48.5 Å². The van der Waals surface area contributed by atoms with Crippen molar-refractivity contribution in [2.24, 2.45) is 0 Å². The Hall–Kier alpha value is -2.73. The number of esters is 1. The van der Waals surface area contributed by atoms with Gasteiger partial charge in [-0.25, -0.2) is 4.79 Å². The first kappa shape index (κ1) is 18.1. The molecule has 0 radical (unpaired) electrons. The zero-order chi connectivity index (χ0) is 18.5. The Morgan fingerprint density at radius 2 is 1.88 bits per heavy atom. The van der Waals surface area contributed by atoms with Crippen LogP contribution < -0.4 is 5.32 Å². The summed E-state index contributed by atoms with van der Waals surface area (Å²) in [6.45, 7) is 0. The van der Waals surface area contributed by atoms with Crippen molar-refractivity contribution >= 4 is 38.7 Å². The molecule has 1 atom stereocenters. The lowest BCUT2D eigenvalue weighted by Crippen LogP contribution is -2.43. The average molecular weight is 413 g/mol. The molecule has 0 bridgehead atoms. The quantitative estimate of drug-likeness (QED) is 0.651. The normalized spacial score (nSPS) is 11.8. The molecule has 5 nitrogen and oxygen atoms in total. The van der Waals surface area contributed by atoms with Gasteiger partial charge in [-0.15, -0.1) is 0 Å². The van der Waals surface area contributed by atoms with E-state index >= 15 is 0 Å². The molecule has 3 aromatic rings. The van der Waals surface area contributed by atoms with Gasteiger partial charge in [0.05, 0.1) is 18.2 Å². The molecule has 0 saturated carbocycles. The van der Waals surface area contributed by atoms with Crippen LogP contribution in [0.25, 0.3) is 10.9 Å². The second kappa shape index (κ2) is 8.10. The van der Waals surface area contributed by atoms with Crippen molar-refractivity contribution in [2.45, 2.75) is 12.5 Å². The number of benzene rings is 2. The van der Waals surface area contributed by atoms with Crippen LogP contribution in [0.15, 0.2) is 65.3 Å². The van der Waals surface area contributed by atoms with E-state index in [1.54, 1.807) is 6.07 Å². The minimum atomic E-state index is -0.794. The number of fused-ring (bicyclic) bond motifs is 1.